The van der Waals surface area contributed by atoms with Gasteiger partial charge in [0.15, 0.2) is 0 Å². The lowest BCUT2D eigenvalue weighted by atomic mass is 9.93. The van der Waals surface area contributed by atoms with Gasteiger partial charge in [-0.2, -0.15) is 0 Å². The molecule has 4 nitrogen and oxygen atoms in total. The van der Waals surface area contributed by atoms with Crippen LogP contribution >= 0.6 is 0 Å². The lowest BCUT2D eigenvalue weighted by Gasteiger charge is -2.37. The number of anilines is 1. The standard InChI is InChI=1S/C15H24N2O2/c1-12(13-3-5-14(16)6-4-13)17(2)11-15(18)7-9-19-10-8-15/h3-6,12,18H,7-11,16H2,1-2H3. The Morgan fingerprint density at radius 1 is 1.32 bits per heavy atom. The maximum atomic E-state index is 10.5. The smallest absolute Gasteiger partial charge is 0.0818 e. The predicted octanol–water partition coefficient (Wildman–Crippen LogP) is 1.80. The highest BCUT2D eigenvalue weighted by molar-refractivity contribution is 5.40. The van der Waals surface area contributed by atoms with E-state index in [1.807, 2.05) is 24.3 Å². The fraction of sp³-hybridized carbons (Fsp3) is 0.600. The number of nitrogens with two attached hydrogens (primary N) is 1. The Labute approximate surface area is 115 Å². The second kappa shape index (κ2) is 5.90. The summed E-state index contributed by atoms with van der Waals surface area (Å²) in [5, 5.41) is 10.5. The predicted molar refractivity (Wildman–Crippen MR) is 76.9 cm³/mol. The third-order valence-electron chi connectivity index (χ3n) is 4.05. The summed E-state index contributed by atoms with van der Waals surface area (Å²) in [6.07, 6.45) is 1.43. The normalized spacial score (nSPS) is 20.4. The minimum Gasteiger partial charge on any atom is -0.399 e. The molecular weight excluding hydrogens is 240 g/mol. The molecule has 1 saturated heterocycles. The van der Waals surface area contributed by atoms with E-state index >= 15 is 0 Å². The van der Waals surface area contributed by atoms with Gasteiger partial charge in [0.05, 0.1) is 5.60 Å². The van der Waals surface area contributed by atoms with Crippen molar-refractivity contribution < 1.29 is 9.84 Å². The lowest BCUT2D eigenvalue weighted by Crippen LogP contribution is -2.46. The molecule has 0 spiro atoms. The highest BCUT2D eigenvalue weighted by Gasteiger charge is 2.32. The van der Waals surface area contributed by atoms with Crippen LogP contribution in [0.4, 0.5) is 5.69 Å². The summed E-state index contributed by atoms with van der Waals surface area (Å²) in [6.45, 7) is 4.12. The Kier molecular flexibility index (Phi) is 4.45. The van der Waals surface area contributed by atoms with Gasteiger partial charge >= 0.3 is 0 Å². The Morgan fingerprint density at radius 3 is 2.47 bits per heavy atom. The van der Waals surface area contributed by atoms with Gasteiger partial charge in [0.25, 0.3) is 0 Å². The molecule has 2 rings (SSSR count). The Morgan fingerprint density at radius 2 is 1.89 bits per heavy atom. The van der Waals surface area contributed by atoms with Gasteiger partial charge in [-0.1, -0.05) is 12.1 Å². The number of hydrogen-bond acceptors (Lipinski definition) is 4. The van der Waals surface area contributed by atoms with Crippen LogP contribution in [0.1, 0.15) is 31.4 Å². The van der Waals surface area contributed by atoms with Crippen molar-refractivity contribution >= 4 is 5.69 Å². The zero-order valence-corrected chi connectivity index (χ0v) is 11.8. The van der Waals surface area contributed by atoms with E-state index in [-0.39, 0.29) is 6.04 Å². The summed E-state index contributed by atoms with van der Waals surface area (Å²) in [5.74, 6) is 0. The molecule has 1 aliphatic rings. The van der Waals surface area contributed by atoms with Crippen LogP contribution in [0.25, 0.3) is 0 Å². The summed E-state index contributed by atoms with van der Waals surface area (Å²) in [4.78, 5) is 2.19. The fourth-order valence-corrected chi connectivity index (χ4v) is 2.54. The van der Waals surface area contributed by atoms with Crippen molar-refractivity contribution in [2.75, 3.05) is 32.5 Å². The van der Waals surface area contributed by atoms with E-state index in [9.17, 15) is 5.11 Å². The zero-order valence-electron chi connectivity index (χ0n) is 11.8. The van der Waals surface area contributed by atoms with Gasteiger partial charge in [-0.25, -0.2) is 0 Å². The van der Waals surface area contributed by atoms with Gasteiger partial charge in [-0.15, -0.1) is 0 Å². The van der Waals surface area contributed by atoms with Crippen molar-refractivity contribution in [3.05, 3.63) is 29.8 Å². The highest BCUT2D eigenvalue weighted by atomic mass is 16.5. The van der Waals surface area contributed by atoms with Crippen molar-refractivity contribution in [1.82, 2.24) is 4.90 Å². The van der Waals surface area contributed by atoms with Crippen LogP contribution in [0.2, 0.25) is 0 Å². The van der Waals surface area contributed by atoms with Crippen molar-refractivity contribution in [3.63, 3.8) is 0 Å². The molecule has 1 aliphatic heterocycles. The number of rotatable bonds is 4. The van der Waals surface area contributed by atoms with Crippen molar-refractivity contribution in [2.24, 2.45) is 0 Å². The van der Waals surface area contributed by atoms with E-state index in [0.717, 1.165) is 5.69 Å². The van der Waals surface area contributed by atoms with E-state index in [2.05, 4.69) is 18.9 Å². The maximum Gasteiger partial charge on any atom is 0.0818 e. The largest absolute Gasteiger partial charge is 0.399 e. The maximum absolute atomic E-state index is 10.5. The summed E-state index contributed by atoms with van der Waals surface area (Å²) in [6, 6.07) is 8.19. The second-order valence-electron chi connectivity index (χ2n) is 5.59. The van der Waals surface area contributed by atoms with Gasteiger partial charge in [0.1, 0.15) is 0 Å². The molecule has 0 aromatic heterocycles. The SMILES string of the molecule is CC(c1ccc(N)cc1)N(C)CC1(O)CCOCC1. The average Bonchev–Trinajstić information content (AvgIpc) is 2.39. The lowest BCUT2D eigenvalue weighted by molar-refractivity contribution is -0.0808. The third kappa shape index (κ3) is 3.69. The molecule has 19 heavy (non-hydrogen) atoms. The first-order valence-corrected chi connectivity index (χ1v) is 6.86. The van der Waals surface area contributed by atoms with Crippen LogP contribution in [0, 0.1) is 0 Å². The quantitative estimate of drug-likeness (QED) is 0.814. The number of benzene rings is 1. The van der Waals surface area contributed by atoms with Crippen LogP contribution in [0.15, 0.2) is 24.3 Å². The minimum atomic E-state index is -0.616. The van der Waals surface area contributed by atoms with Crippen molar-refractivity contribution in [3.8, 4) is 0 Å². The molecule has 0 saturated carbocycles. The van der Waals surface area contributed by atoms with E-state index in [1.54, 1.807) is 0 Å². The Hall–Kier alpha value is -1.10. The molecule has 0 bridgehead atoms. The zero-order chi connectivity index (χ0) is 13.9. The molecule has 1 aromatic rings. The Balaban J connectivity index is 1.98. The Bertz CT molecular complexity index is 399. The van der Waals surface area contributed by atoms with Gasteiger partial charge in [0, 0.05) is 44.3 Å². The molecule has 1 atom stereocenters. The number of hydrogen-bond donors (Lipinski definition) is 2. The van der Waals surface area contributed by atoms with Crippen LogP contribution in [-0.2, 0) is 4.74 Å². The molecule has 106 valence electrons. The summed E-state index contributed by atoms with van der Waals surface area (Å²) in [7, 11) is 2.05. The van der Waals surface area contributed by atoms with Gasteiger partial charge in [-0.3, -0.25) is 4.90 Å². The molecule has 1 fully saturated rings. The summed E-state index contributed by atoms with van der Waals surface area (Å²) >= 11 is 0. The number of ether oxygens (including phenoxy) is 1. The third-order valence-corrected chi connectivity index (χ3v) is 4.05. The van der Waals surface area contributed by atoms with Gasteiger partial charge in [0.2, 0.25) is 0 Å². The first-order valence-electron chi connectivity index (χ1n) is 6.86. The number of aliphatic hydroxyl groups is 1. The van der Waals surface area contributed by atoms with Crippen molar-refractivity contribution in [2.45, 2.75) is 31.4 Å². The second-order valence-corrected chi connectivity index (χ2v) is 5.59. The number of nitrogens with zero attached hydrogens (tertiary/aromatic N) is 1. The molecule has 0 aliphatic carbocycles. The van der Waals surface area contributed by atoms with Gasteiger partial charge < -0.3 is 15.6 Å². The molecule has 0 radical (unpaired) electrons. The van der Waals surface area contributed by atoms with Gasteiger partial charge in [-0.05, 0) is 31.7 Å². The highest BCUT2D eigenvalue weighted by Crippen LogP contribution is 2.26. The fourth-order valence-electron chi connectivity index (χ4n) is 2.54. The summed E-state index contributed by atoms with van der Waals surface area (Å²) in [5.41, 5.74) is 7.08. The van der Waals surface area contributed by atoms with E-state index in [4.69, 9.17) is 10.5 Å². The average molecular weight is 264 g/mol. The molecule has 1 unspecified atom stereocenters. The summed E-state index contributed by atoms with van der Waals surface area (Å²) < 4.78 is 5.31. The van der Waals surface area contributed by atoms with E-state index in [0.29, 0.717) is 32.6 Å². The molecule has 0 amide bonds. The molecule has 3 N–H and O–H groups in total. The van der Waals surface area contributed by atoms with Crippen molar-refractivity contribution in [1.29, 1.82) is 0 Å². The molecular formula is C15H24N2O2. The van der Waals surface area contributed by atoms with Crippen LogP contribution in [0.3, 0.4) is 0 Å². The minimum absolute atomic E-state index is 0.257. The van der Waals surface area contributed by atoms with Crippen LogP contribution in [0.5, 0.6) is 0 Å². The molecule has 1 aromatic carbocycles. The number of nitrogen functional groups attached to an aromatic ring is 1. The van der Waals surface area contributed by atoms with Crippen LogP contribution in [-0.4, -0.2) is 42.4 Å². The van der Waals surface area contributed by atoms with E-state index < -0.39 is 5.60 Å². The topological polar surface area (TPSA) is 58.7 Å². The van der Waals surface area contributed by atoms with E-state index in [1.165, 1.54) is 5.56 Å². The monoisotopic (exact) mass is 264 g/mol. The molecule has 4 heteroatoms. The number of likely N-dealkylation sites (N-methyl/N-ethyl adjacent to an activating group) is 1. The first-order chi connectivity index (χ1) is 9.00. The van der Waals surface area contributed by atoms with Crippen LogP contribution < -0.4 is 5.73 Å². The molecule has 1 heterocycles. The first kappa shape index (κ1) is 14.3.